The van der Waals surface area contributed by atoms with E-state index in [0.29, 0.717) is 18.4 Å². The van der Waals surface area contributed by atoms with Crippen molar-refractivity contribution >= 4 is 5.97 Å². The maximum Gasteiger partial charge on any atom is 0.303 e. The van der Waals surface area contributed by atoms with Gasteiger partial charge < -0.3 is 5.11 Å². The predicted molar refractivity (Wildman–Crippen MR) is 82.1 cm³/mol. The Morgan fingerprint density at radius 1 is 1.38 bits per heavy atom. The fourth-order valence-corrected chi connectivity index (χ4v) is 3.15. The van der Waals surface area contributed by atoms with Gasteiger partial charge in [0.05, 0.1) is 11.7 Å². The quantitative estimate of drug-likeness (QED) is 0.839. The molecular formula is C16H27N3O2. The summed E-state index contributed by atoms with van der Waals surface area (Å²) in [5.74, 6) is -0.321. The zero-order valence-corrected chi connectivity index (χ0v) is 13.2. The smallest absolute Gasteiger partial charge is 0.303 e. The van der Waals surface area contributed by atoms with E-state index in [0.717, 1.165) is 51.0 Å². The molecule has 1 saturated heterocycles. The number of aliphatic carboxylic acids is 1. The monoisotopic (exact) mass is 293 g/mol. The van der Waals surface area contributed by atoms with Crippen molar-refractivity contribution in [3.05, 3.63) is 18.0 Å². The number of nitrogens with zero attached hydrogens (tertiary/aromatic N) is 3. The molecule has 0 aliphatic carbocycles. The number of carbonyl (C=O) groups is 1. The summed E-state index contributed by atoms with van der Waals surface area (Å²) in [7, 11) is 0. The van der Waals surface area contributed by atoms with Gasteiger partial charge in [-0.05, 0) is 50.8 Å². The number of aromatic nitrogens is 2. The maximum absolute atomic E-state index is 10.7. The molecule has 1 aromatic heterocycles. The second-order valence-electron chi connectivity index (χ2n) is 6.07. The molecule has 21 heavy (non-hydrogen) atoms. The van der Waals surface area contributed by atoms with Crippen LogP contribution in [0.4, 0.5) is 0 Å². The molecule has 0 unspecified atom stereocenters. The Morgan fingerprint density at radius 2 is 2.05 bits per heavy atom. The topological polar surface area (TPSA) is 58.4 Å². The highest BCUT2D eigenvalue weighted by atomic mass is 16.4. The van der Waals surface area contributed by atoms with Gasteiger partial charge >= 0.3 is 5.97 Å². The van der Waals surface area contributed by atoms with Crippen LogP contribution in [0.1, 0.15) is 57.7 Å². The number of rotatable bonds is 7. The van der Waals surface area contributed by atoms with Crippen LogP contribution in [0.3, 0.4) is 0 Å². The van der Waals surface area contributed by atoms with E-state index in [4.69, 9.17) is 10.2 Å². The molecule has 1 N–H and O–H groups in total. The lowest BCUT2D eigenvalue weighted by atomic mass is 9.93. The van der Waals surface area contributed by atoms with E-state index >= 15 is 0 Å². The molecule has 1 aliphatic rings. The second-order valence-corrected chi connectivity index (χ2v) is 6.07. The minimum Gasteiger partial charge on any atom is -0.481 e. The van der Waals surface area contributed by atoms with Gasteiger partial charge in [-0.15, -0.1) is 0 Å². The highest BCUT2D eigenvalue weighted by molar-refractivity contribution is 5.67. The molecule has 0 radical (unpaired) electrons. The zero-order valence-electron chi connectivity index (χ0n) is 13.2. The van der Waals surface area contributed by atoms with Crippen LogP contribution in [-0.4, -0.2) is 38.8 Å². The molecule has 0 atom stereocenters. The normalized spacial score (nSPS) is 17.5. The van der Waals surface area contributed by atoms with Gasteiger partial charge in [0.15, 0.2) is 0 Å². The molecule has 2 rings (SSSR count). The second kappa shape index (κ2) is 7.59. The van der Waals surface area contributed by atoms with Crippen molar-refractivity contribution in [2.75, 3.05) is 13.1 Å². The Bertz CT molecular complexity index is 446. The van der Waals surface area contributed by atoms with Crippen molar-refractivity contribution in [1.82, 2.24) is 14.7 Å². The van der Waals surface area contributed by atoms with Gasteiger partial charge in [0.1, 0.15) is 0 Å². The van der Waals surface area contributed by atoms with Crippen LogP contribution in [0.5, 0.6) is 0 Å². The highest BCUT2D eigenvalue weighted by Crippen LogP contribution is 2.22. The first-order chi connectivity index (χ1) is 10.1. The zero-order chi connectivity index (χ0) is 15.2. The summed E-state index contributed by atoms with van der Waals surface area (Å²) in [6.45, 7) is 7.24. The van der Waals surface area contributed by atoms with Crippen LogP contribution in [0, 0.1) is 5.92 Å². The first-order valence-electron chi connectivity index (χ1n) is 8.10. The Kier molecular flexibility index (Phi) is 5.79. The van der Waals surface area contributed by atoms with E-state index in [1.165, 1.54) is 0 Å². The third-order valence-corrected chi connectivity index (χ3v) is 4.54. The molecule has 1 fully saturated rings. The van der Waals surface area contributed by atoms with Gasteiger partial charge in [0.2, 0.25) is 0 Å². The van der Waals surface area contributed by atoms with E-state index < -0.39 is 5.97 Å². The molecule has 1 aromatic rings. The summed E-state index contributed by atoms with van der Waals surface area (Å²) in [5, 5.41) is 13.5. The van der Waals surface area contributed by atoms with E-state index in [1.54, 1.807) is 0 Å². The van der Waals surface area contributed by atoms with E-state index in [2.05, 4.69) is 35.7 Å². The molecule has 0 amide bonds. The fraction of sp³-hybridized carbons (Fsp3) is 0.750. The van der Waals surface area contributed by atoms with Crippen LogP contribution in [0.2, 0.25) is 0 Å². The van der Waals surface area contributed by atoms with Gasteiger partial charge in [0.25, 0.3) is 0 Å². The van der Waals surface area contributed by atoms with Crippen LogP contribution in [-0.2, 0) is 11.3 Å². The first kappa shape index (κ1) is 16.0. The lowest BCUT2D eigenvalue weighted by Crippen LogP contribution is -2.34. The van der Waals surface area contributed by atoms with Gasteiger partial charge in [-0.3, -0.25) is 14.4 Å². The standard InChI is InChI=1S/C16H27N3O2/c1-3-15(4-2)19-10-7-14(17-19)12-18-8-5-13(6-9-18)11-16(20)21/h7,10,13,15H,3-6,8-9,11-12H2,1-2H3,(H,20,21). The molecular weight excluding hydrogens is 266 g/mol. The molecule has 0 aromatic carbocycles. The number of piperidine rings is 1. The number of hydrogen-bond acceptors (Lipinski definition) is 3. The van der Waals surface area contributed by atoms with Gasteiger partial charge in [-0.2, -0.15) is 5.10 Å². The van der Waals surface area contributed by atoms with Gasteiger partial charge in [-0.25, -0.2) is 0 Å². The highest BCUT2D eigenvalue weighted by Gasteiger charge is 2.21. The Labute approximate surface area is 126 Å². The SMILES string of the molecule is CCC(CC)n1ccc(CN2CCC(CC(=O)O)CC2)n1. The van der Waals surface area contributed by atoms with Gasteiger partial charge in [0, 0.05) is 19.2 Å². The minimum absolute atomic E-state index is 0.317. The summed E-state index contributed by atoms with van der Waals surface area (Å²) in [6, 6.07) is 2.61. The average Bonchev–Trinajstić information content (AvgIpc) is 2.90. The first-order valence-corrected chi connectivity index (χ1v) is 8.10. The average molecular weight is 293 g/mol. The van der Waals surface area contributed by atoms with E-state index in [1.807, 2.05) is 0 Å². The molecule has 5 nitrogen and oxygen atoms in total. The third kappa shape index (κ3) is 4.56. The number of carboxylic acids is 1. The summed E-state index contributed by atoms with van der Waals surface area (Å²) in [5.41, 5.74) is 1.12. The minimum atomic E-state index is -0.669. The molecule has 5 heteroatoms. The summed E-state index contributed by atoms with van der Waals surface area (Å²) < 4.78 is 2.09. The van der Waals surface area contributed by atoms with Gasteiger partial charge in [-0.1, -0.05) is 13.8 Å². The van der Waals surface area contributed by atoms with Crippen molar-refractivity contribution in [3.8, 4) is 0 Å². The van der Waals surface area contributed by atoms with Crippen LogP contribution in [0.25, 0.3) is 0 Å². The van der Waals surface area contributed by atoms with Crippen molar-refractivity contribution in [3.63, 3.8) is 0 Å². The summed E-state index contributed by atoms with van der Waals surface area (Å²) in [6.07, 6.45) is 6.59. The molecule has 1 aliphatic heterocycles. The summed E-state index contributed by atoms with van der Waals surface area (Å²) >= 11 is 0. The number of likely N-dealkylation sites (tertiary alicyclic amines) is 1. The third-order valence-electron chi connectivity index (χ3n) is 4.54. The van der Waals surface area contributed by atoms with Crippen molar-refractivity contribution < 1.29 is 9.90 Å². The van der Waals surface area contributed by atoms with E-state index in [9.17, 15) is 4.79 Å². The maximum atomic E-state index is 10.7. The predicted octanol–water partition coefficient (Wildman–Crippen LogP) is 2.93. The van der Waals surface area contributed by atoms with Crippen LogP contribution >= 0.6 is 0 Å². The lowest BCUT2D eigenvalue weighted by molar-refractivity contribution is -0.138. The molecule has 0 spiro atoms. The fourth-order valence-electron chi connectivity index (χ4n) is 3.15. The lowest BCUT2D eigenvalue weighted by Gasteiger charge is -2.30. The Balaban J connectivity index is 1.82. The van der Waals surface area contributed by atoms with Crippen LogP contribution in [0.15, 0.2) is 12.3 Å². The number of hydrogen-bond donors (Lipinski definition) is 1. The molecule has 118 valence electrons. The molecule has 0 saturated carbocycles. The number of carboxylic acid groups (broad SMARTS) is 1. The van der Waals surface area contributed by atoms with Crippen molar-refractivity contribution in [2.45, 2.75) is 58.5 Å². The Morgan fingerprint density at radius 3 is 2.62 bits per heavy atom. The molecule has 0 bridgehead atoms. The Hall–Kier alpha value is -1.36. The van der Waals surface area contributed by atoms with Crippen molar-refractivity contribution in [1.29, 1.82) is 0 Å². The summed E-state index contributed by atoms with van der Waals surface area (Å²) in [4.78, 5) is 13.1. The van der Waals surface area contributed by atoms with E-state index in [-0.39, 0.29) is 0 Å². The van der Waals surface area contributed by atoms with Crippen LogP contribution < -0.4 is 0 Å². The van der Waals surface area contributed by atoms with Crippen molar-refractivity contribution in [2.24, 2.45) is 5.92 Å². The molecule has 2 heterocycles. The largest absolute Gasteiger partial charge is 0.481 e.